The minimum atomic E-state index is -3.86. The summed E-state index contributed by atoms with van der Waals surface area (Å²) in [6.45, 7) is 21.0. The molecule has 1 aliphatic carbocycles. The number of hydrogen-bond acceptors (Lipinski definition) is 4. The fourth-order valence-corrected chi connectivity index (χ4v) is 9.32. The highest BCUT2D eigenvalue weighted by atomic mass is 79.9. The lowest BCUT2D eigenvalue weighted by Crippen LogP contribution is -2.46. The third kappa shape index (κ3) is 6.54. The molecule has 0 saturated carbocycles. The molecule has 252 valence electrons. The Balaban J connectivity index is 1.29. The zero-order chi connectivity index (χ0) is 36.0. The molecule has 0 spiro atoms. The summed E-state index contributed by atoms with van der Waals surface area (Å²) in [7, 11) is 2.43. The summed E-state index contributed by atoms with van der Waals surface area (Å²) in [4.78, 5) is 7.58. The molecule has 6 rings (SSSR count). The van der Waals surface area contributed by atoms with Crippen LogP contribution < -0.4 is 5.46 Å². The Morgan fingerprint density at radius 2 is 1.62 bits per heavy atom. The van der Waals surface area contributed by atoms with Gasteiger partial charge in [-0.1, -0.05) is 134 Å². The molecule has 0 aromatic heterocycles. The van der Waals surface area contributed by atoms with Crippen molar-refractivity contribution >= 4 is 67.8 Å². The number of sulfone groups is 1. The molecule has 4 nitrogen and oxygen atoms in total. The van der Waals surface area contributed by atoms with Gasteiger partial charge in [-0.05, 0) is 72.9 Å². The van der Waals surface area contributed by atoms with Crippen LogP contribution in [0.4, 0.5) is 5.69 Å². The first kappa shape index (κ1) is 35.6. The van der Waals surface area contributed by atoms with Gasteiger partial charge >= 0.3 is 0 Å². The van der Waals surface area contributed by atoms with Crippen LogP contribution in [0, 0.1) is 17.8 Å². The molecule has 1 unspecified atom stereocenters. The first-order valence-electron chi connectivity index (χ1n) is 16.8. The van der Waals surface area contributed by atoms with Gasteiger partial charge in [0.15, 0.2) is 0 Å². The number of halogens is 1. The highest BCUT2D eigenvalue weighted by Crippen LogP contribution is 2.55. The average molecular weight is 742 g/mol. The molecule has 2 radical (unpaired) electrons. The summed E-state index contributed by atoms with van der Waals surface area (Å²) in [6, 6.07) is 26.7. The maximum Gasteiger partial charge on any atom is 0.206 e. The SMILES string of the molecule is [B]c1cc(C)c(N=C(C)c2ccccc2C(=C)N2CC=C3C(C)(CC=C(c4ccc(C=C)cc4)C3(C)C)C2)cc1S(=O)(=O)c1ccc(Br)cc1. The van der Waals surface area contributed by atoms with Crippen LogP contribution in [-0.4, -0.2) is 40.0 Å². The third-order valence-electron chi connectivity index (χ3n) is 10.3. The highest BCUT2D eigenvalue weighted by Gasteiger charge is 2.46. The van der Waals surface area contributed by atoms with Crippen LogP contribution in [-0.2, 0) is 9.84 Å². The molecule has 4 aromatic rings. The molecular weight excluding hydrogens is 699 g/mol. The number of benzene rings is 4. The van der Waals surface area contributed by atoms with Gasteiger partial charge in [-0.3, -0.25) is 4.99 Å². The Kier molecular flexibility index (Phi) is 9.62. The van der Waals surface area contributed by atoms with Gasteiger partial charge < -0.3 is 4.90 Å². The number of aliphatic imine (C=N–C) groups is 1. The van der Waals surface area contributed by atoms with Crippen molar-refractivity contribution < 1.29 is 8.42 Å². The number of aryl methyl sites for hydroxylation is 1. The normalized spacial score (nSPS) is 18.9. The van der Waals surface area contributed by atoms with Crippen LogP contribution in [0.3, 0.4) is 0 Å². The molecular formula is C43H42BBrN2O2S. The molecule has 2 aliphatic rings. The Bertz CT molecular complexity index is 2210. The van der Waals surface area contributed by atoms with Crippen molar-refractivity contribution in [1.29, 1.82) is 0 Å². The zero-order valence-electron chi connectivity index (χ0n) is 29.4. The molecule has 4 aromatic carbocycles. The van der Waals surface area contributed by atoms with Crippen LogP contribution in [0.1, 0.15) is 61.9 Å². The third-order valence-corrected chi connectivity index (χ3v) is 12.7. The molecule has 1 aliphatic heterocycles. The summed E-state index contributed by atoms with van der Waals surface area (Å²) < 4.78 is 28.0. The minimum Gasteiger partial charge on any atom is -0.367 e. The molecule has 0 amide bonds. The molecule has 0 N–H and O–H groups in total. The Labute approximate surface area is 307 Å². The van der Waals surface area contributed by atoms with E-state index in [1.165, 1.54) is 16.7 Å². The van der Waals surface area contributed by atoms with Crippen molar-refractivity contribution in [3.05, 3.63) is 148 Å². The summed E-state index contributed by atoms with van der Waals surface area (Å²) in [6.07, 6.45) is 7.66. The lowest BCUT2D eigenvalue weighted by Gasteiger charge is -2.51. The van der Waals surface area contributed by atoms with Crippen molar-refractivity contribution in [2.45, 2.75) is 50.8 Å². The Morgan fingerprint density at radius 3 is 2.28 bits per heavy atom. The van der Waals surface area contributed by atoms with E-state index in [0.717, 1.165) is 57.6 Å². The van der Waals surface area contributed by atoms with Gasteiger partial charge in [-0.25, -0.2) is 8.42 Å². The van der Waals surface area contributed by atoms with Gasteiger partial charge in [0, 0.05) is 50.9 Å². The lowest BCUT2D eigenvalue weighted by atomic mass is 9.58. The van der Waals surface area contributed by atoms with E-state index in [-0.39, 0.29) is 26.1 Å². The smallest absolute Gasteiger partial charge is 0.206 e. The van der Waals surface area contributed by atoms with Crippen molar-refractivity contribution in [3.8, 4) is 0 Å². The molecule has 50 heavy (non-hydrogen) atoms. The Morgan fingerprint density at radius 1 is 0.960 bits per heavy atom. The van der Waals surface area contributed by atoms with E-state index < -0.39 is 9.84 Å². The second-order valence-corrected chi connectivity index (χ2v) is 17.0. The highest BCUT2D eigenvalue weighted by molar-refractivity contribution is 9.10. The fourth-order valence-electron chi connectivity index (χ4n) is 7.67. The van der Waals surface area contributed by atoms with E-state index in [2.05, 4.69) is 103 Å². The number of rotatable bonds is 8. The molecule has 0 fully saturated rings. The fraction of sp³-hybridized carbons (Fsp3) is 0.233. The molecule has 7 heteroatoms. The van der Waals surface area contributed by atoms with E-state index in [1.807, 2.05) is 32.1 Å². The van der Waals surface area contributed by atoms with Crippen LogP contribution in [0.5, 0.6) is 0 Å². The summed E-state index contributed by atoms with van der Waals surface area (Å²) >= 11 is 3.38. The molecule has 0 saturated heterocycles. The van der Waals surface area contributed by atoms with Crippen LogP contribution >= 0.6 is 15.9 Å². The van der Waals surface area contributed by atoms with E-state index in [4.69, 9.17) is 12.8 Å². The van der Waals surface area contributed by atoms with Crippen molar-refractivity contribution in [2.75, 3.05) is 13.1 Å². The average Bonchev–Trinajstić information content (AvgIpc) is 3.08. The monoisotopic (exact) mass is 740 g/mol. The van der Waals surface area contributed by atoms with Crippen LogP contribution in [0.2, 0.25) is 0 Å². The van der Waals surface area contributed by atoms with Gasteiger partial charge in [0.1, 0.15) is 7.85 Å². The molecule has 0 bridgehead atoms. The Hall–Kier alpha value is -4.20. The second-order valence-electron chi connectivity index (χ2n) is 14.2. The van der Waals surface area contributed by atoms with Gasteiger partial charge in [0.2, 0.25) is 9.84 Å². The van der Waals surface area contributed by atoms with Crippen molar-refractivity contribution in [1.82, 2.24) is 4.90 Å². The summed E-state index contributed by atoms with van der Waals surface area (Å²) in [5.74, 6) is 0. The second kappa shape index (κ2) is 13.5. The van der Waals surface area contributed by atoms with Crippen molar-refractivity contribution in [3.63, 3.8) is 0 Å². The predicted octanol–water partition coefficient (Wildman–Crippen LogP) is 9.90. The standard InChI is InChI=1S/C43H42BBrN2O2S/c1-8-31-13-15-32(16-14-31)37-21-23-43(7)27-47(24-22-41(43)42(37,5)6)30(4)36-12-10-9-11-35(36)29(3)46-39-26-40(38(44)25-28(39)2)50(48,49)34-19-17-33(45)18-20-34/h8-22,25-26H,1,4,23-24,27H2,2-3,5-7H3. The van der Waals surface area contributed by atoms with E-state index in [9.17, 15) is 8.42 Å². The minimum absolute atomic E-state index is 0.0419. The van der Waals surface area contributed by atoms with Crippen LogP contribution in [0.25, 0.3) is 17.3 Å². The first-order valence-corrected chi connectivity index (χ1v) is 19.1. The van der Waals surface area contributed by atoms with E-state index in [1.54, 1.807) is 36.4 Å². The number of fused-ring (bicyclic) bond motifs is 1. The van der Waals surface area contributed by atoms with Crippen LogP contribution in [0.15, 0.2) is 135 Å². The summed E-state index contributed by atoms with van der Waals surface area (Å²) in [5, 5.41) is 0. The van der Waals surface area contributed by atoms with Gasteiger partial charge in [-0.2, -0.15) is 0 Å². The maximum atomic E-state index is 13.6. The van der Waals surface area contributed by atoms with Gasteiger partial charge in [0.05, 0.1) is 15.5 Å². The predicted molar refractivity (Wildman–Crippen MR) is 214 cm³/mol. The number of hydrogen-bond donors (Lipinski definition) is 0. The largest absolute Gasteiger partial charge is 0.367 e. The van der Waals surface area contributed by atoms with E-state index >= 15 is 0 Å². The maximum absolute atomic E-state index is 13.6. The van der Waals surface area contributed by atoms with Gasteiger partial charge in [0.25, 0.3) is 0 Å². The lowest BCUT2D eigenvalue weighted by molar-refractivity contribution is 0.219. The van der Waals surface area contributed by atoms with Gasteiger partial charge in [-0.15, -0.1) is 0 Å². The first-order chi connectivity index (χ1) is 23.7. The number of allylic oxidation sites excluding steroid dienone is 2. The van der Waals surface area contributed by atoms with E-state index in [0.29, 0.717) is 5.69 Å². The quantitative estimate of drug-likeness (QED) is 0.103. The number of nitrogens with zero attached hydrogens (tertiary/aromatic N) is 2. The topological polar surface area (TPSA) is 49.7 Å². The zero-order valence-corrected chi connectivity index (χ0v) is 31.8. The summed E-state index contributed by atoms with van der Waals surface area (Å²) in [5.41, 5.74) is 10.2. The molecule has 1 heterocycles. The molecule has 1 atom stereocenters. The van der Waals surface area contributed by atoms with Crippen molar-refractivity contribution in [2.24, 2.45) is 15.8 Å².